The van der Waals surface area contributed by atoms with Gasteiger partial charge in [-0.1, -0.05) is 22.6 Å². The molecule has 6 heteroatoms. The van der Waals surface area contributed by atoms with Gasteiger partial charge in [-0.3, -0.25) is 9.59 Å². The van der Waals surface area contributed by atoms with E-state index in [0.717, 1.165) is 4.90 Å². The molecule has 0 aliphatic carbocycles. The van der Waals surface area contributed by atoms with Gasteiger partial charge in [0.2, 0.25) is 5.91 Å². The Kier molecular flexibility index (Phi) is 3.57. The summed E-state index contributed by atoms with van der Waals surface area (Å²) in [6.45, 7) is -0.165. The molecule has 0 unspecified atom stereocenters. The molecule has 0 aromatic carbocycles. The van der Waals surface area contributed by atoms with Crippen LogP contribution >= 0.6 is 22.6 Å². The number of nitrogens with zero attached hydrogens (tertiary/aromatic N) is 1. The molecule has 0 radical (unpaired) electrons. The lowest BCUT2D eigenvalue weighted by Gasteiger charge is -2.19. The van der Waals surface area contributed by atoms with Crippen LogP contribution in [-0.4, -0.2) is 40.0 Å². The Bertz CT molecular complexity index is 237. The Labute approximate surface area is 87.6 Å². The third kappa shape index (κ3) is 2.35. The molecule has 0 aromatic rings. The first-order valence-electron chi connectivity index (χ1n) is 3.75. The van der Waals surface area contributed by atoms with E-state index >= 15 is 0 Å². The monoisotopic (exact) mass is 303 g/mol. The Hall–Kier alpha value is -0.270. The van der Waals surface area contributed by atoms with Crippen molar-refractivity contribution in [2.75, 3.05) is 11.0 Å². The van der Waals surface area contributed by atoms with Crippen LogP contribution < -0.4 is 0 Å². The van der Waals surface area contributed by atoms with Crippen LogP contribution in [0.4, 0.5) is 8.78 Å². The summed E-state index contributed by atoms with van der Waals surface area (Å²) in [4.78, 5) is 22.5. The average Bonchev–Trinajstić information content (AvgIpc) is 2.46. The van der Waals surface area contributed by atoms with E-state index in [1.807, 2.05) is 0 Å². The Morgan fingerprint density at radius 3 is 2.62 bits per heavy atom. The highest BCUT2D eigenvalue weighted by Gasteiger charge is 2.39. The van der Waals surface area contributed by atoms with Crippen LogP contribution in [0.1, 0.15) is 6.42 Å². The summed E-state index contributed by atoms with van der Waals surface area (Å²) in [5.41, 5.74) is 0. The van der Waals surface area contributed by atoms with E-state index in [-0.39, 0.29) is 17.4 Å². The van der Waals surface area contributed by atoms with Crippen molar-refractivity contribution >= 4 is 34.5 Å². The molecule has 74 valence electrons. The van der Waals surface area contributed by atoms with Crippen LogP contribution in [0.5, 0.6) is 0 Å². The molecule has 0 N–H and O–H groups in total. The smallest absolute Gasteiger partial charge is 0.323 e. The number of carbonyl (C=O) groups excluding carboxylic acids is 2. The number of carbonyl (C=O) groups is 2. The number of rotatable bonds is 2. The van der Waals surface area contributed by atoms with Gasteiger partial charge in [-0.15, -0.1) is 0 Å². The van der Waals surface area contributed by atoms with E-state index < -0.39 is 24.2 Å². The summed E-state index contributed by atoms with van der Waals surface area (Å²) in [6.07, 6.45) is -1.49. The second-order valence-electron chi connectivity index (χ2n) is 2.83. The molecule has 1 rings (SSSR count). The van der Waals surface area contributed by atoms with E-state index in [2.05, 4.69) is 0 Å². The van der Waals surface area contributed by atoms with E-state index in [4.69, 9.17) is 0 Å². The summed E-state index contributed by atoms with van der Waals surface area (Å²) in [5, 5.41) is 0. The second kappa shape index (κ2) is 4.30. The SMILES string of the molecule is O=C(F)[C@@H]1C[C@H](F)CN1C(=O)CI. The third-order valence-electron chi connectivity index (χ3n) is 1.95. The summed E-state index contributed by atoms with van der Waals surface area (Å²) >= 11 is 1.80. The molecular weight excluding hydrogens is 295 g/mol. The summed E-state index contributed by atoms with van der Waals surface area (Å²) in [5.74, 6) is -0.392. The van der Waals surface area contributed by atoms with Crippen LogP contribution in [0.25, 0.3) is 0 Å². The van der Waals surface area contributed by atoms with Gasteiger partial charge in [-0.05, 0) is 0 Å². The minimum Gasteiger partial charge on any atom is -0.326 e. The first-order valence-corrected chi connectivity index (χ1v) is 5.27. The van der Waals surface area contributed by atoms with Gasteiger partial charge in [0.15, 0.2) is 0 Å². The van der Waals surface area contributed by atoms with Crippen LogP contribution in [0.2, 0.25) is 0 Å². The van der Waals surface area contributed by atoms with Crippen LogP contribution in [0, 0.1) is 0 Å². The molecule has 1 heterocycles. The number of halogens is 3. The second-order valence-corrected chi connectivity index (χ2v) is 3.60. The molecule has 0 aromatic heterocycles. The van der Waals surface area contributed by atoms with Gasteiger partial charge in [0.25, 0.3) is 0 Å². The largest absolute Gasteiger partial charge is 0.326 e. The molecule has 0 bridgehead atoms. The molecule has 0 saturated carbocycles. The molecule has 1 amide bonds. The fraction of sp³-hybridized carbons (Fsp3) is 0.714. The molecule has 0 spiro atoms. The van der Waals surface area contributed by atoms with Crippen LogP contribution in [0.15, 0.2) is 0 Å². The van der Waals surface area contributed by atoms with E-state index in [0.29, 0.717) is 0 Å². The Morgan fingerprint density at radius 1 is 1.54 bits per heavy atom. The van der Waals surface area contributed by atoms with E-state index in [9.17, 15) is 18.4 Å². The summed E-state index contributed by atoms with van der Waals surface area (Å²) in [7, 11) is 0. The van der Waals surface area contributed by atoms with Gasteiger partial charge in [-0.25, -0.2) is 4.39 Å². The third-order valence-corrected chi connectivity index (χ3v) is 2.60. The maximum Gasteiger partial charge on any atom is 0.323 e. The van der Waals surface area contributed by atoms with Crippen LogP contribution in [-0.2, 0) is 9.59 Å². The minimum atomic E-state index is -1.63. The number of hydrogen-bond acceptors (Lipinski definition) is 2. The zero-order valence-corrected chi connectivity index (χ0v) is 8.83. The van der Waals surface area contributed by atoms with Gasteiger partial charge >= 0.3 is 6.04 Å². The normalized spacial score (nSPS) is 27.8. The Morgan fingerprint density at radius 2 is 2.15 bits per heavy atom. The zero-order chi connectivity index (χ0) is 10.0. The van der Waals surface area contributed by atoms with Crippen molar-refractivity contribution in [3.05, 3.63) is 0 Å². The molecule has 1 fully saturated rings. The molecule has 3 nitrogen and oxygen atoms in total. The van der Waals surface area contributed by atoms with Crippen molar-refractivity contribution in [3.63, 3.8) is 0 Å². The first kappa shape index (κ1) is 10.8. The molecule has 1 saturated heterocycles. The highest BCUT2D eigenvalue weighted by molar-refractivity contribution is 14.1. The molecular formula is C7H8F2INO2. The van der Waals surface area contributed by atoms with Crippen molar-refractivity contribution in [2.24, 2.45) is 0 Å². The molecule has 1 aliphatic heterocycles. The number of hydrogen-bond donors (Lipinski definition) is 0. The standard InChI is InChI=1S/C7H8F2INO2/c8-4-1-5(7(9)13)11(3-4)6(12)2-10/h4-5H,1-3H2/t4-,5-/m0/s1. The quantitative estimate of drug-likeness (QED) is 0.431. The fourth-order valence-electron chi connectivity index (χ4n) is 1.35. The van der Waals surface area contributed by atoms with Gasteiger partial charge in [0.05, 0.1) is 11.0 Å². The van der Waals surface area contributed by atoms with Crippen molar-refractivity contribution in [1.29, 1.82) is 0 Å². The number of likely N-dealkylation sites (tertiary alicyclic amines) is 1. The fourth-order valence-corrected chi connectivity index (χ4v) is 1.79. The highest BCUT2D eigenvalue weighted by Crippen LogP contribution is 2.21. The predicted octanol–water partition coefficient (Wildman–Crippen LogP) is 0.857. The van der Waals surface area contributed by atoms with Gasteiger partial charge in [0, 0.05) is 6.42 Å². The number of alkyl halides is 2. The van der Waals surface area contributed by atoms with Crippen molar-refractivity contribution in [2.45, 2.75) is 18.6 Å². The van der Waals surface area contributed by atoms with Gasteiger partial charge in [-0.2, -0.15) is 4.39 Å². The maximum absolute atomic E-state index is 12.8. The maximum atomic E-state index is 12.8. The van der Waals surface area contributed by atoms with Crippen molar-refractivity contribution < 1.29 is 18.4 Å². The Balaban J connectivity index is 2.71. The molecule has 1 aliphatic rings. The zero-order valence-electron chi connectivity index (χ0n) is 6.67. The lowest BCUT2D eigenvalue weighted by atomic mass is 10.2. The molecule has 13 heavy (non-hydrogen) atoms. The average molecular weight is 303 g/mol. The van der Waals surface area contributed by atoms with Crippen LogP contribution in [0.3, 0.4) is 0 Å². The minimum absolute atomic E-state index is 0.133. The van der Waals surface area contributed by atoms with E-state index in [1.54, 1.807) is 22.6 Å². The summed E-state index contributed by atoms with van der Waals surface area (Å²) in [6, 6.07) is -2.82. The predicted molar refractivity (Wildman–Crippen MR) is 50.0 cm³/mol. The lowest BCUT2D eigenvalue weighted by molar-refractivity contribution is -0.141. The highest BCUT2D eigenvalue weighted by atomic mass is 127. The van der Waals surface area contributed by atoms with Crippen molar-refractivity contribution in [1.82, 2.24) is 4.90 Å². The van der Waals surface area contributed by atoms with Crippen molar-refractivity contribution in [3.8, 4) is 0 Å². The number of amides is 1. The van der Waals surface area contributed by atoms with Gasteiger partial charge < -0.3 is 4.90 Å². The lowest BCUT2D eigenvalue weighted by Crippen LogP contribution is -2.39. The first-order chi connectivity index (χ1) is 6.06. The molecule has 2 atom stereocenters. The van der Waals surface area contributed by atoms with E-state index in [1.165, 1.54) is 0 Å². The topological polar surface area (TPSA) is 37.4 Å². The van der Waals surface area contributed by atoms with Gasteiger partial charge in [0.1, 0.15) is 12.2 Å². The summed E-state index contributed by atoms with van der Waals surface area (Å²) < 4.78 is 25.2.